The van der Waals surface area contributed by atoms with Crippen LogP contribution in [0.4, 0.5) is 5.69 Å². The smallest absolute Gasteiger partial charge is 0.321 e. The number of carbonyl (C=O) groups is 2. The monoisotopic (exact) mass is 377 g/mol. The molecule has 0 unspecified atom stereocenters. The van der Waals surface area contributed by atoms with Crippen molar-refractivity contribution in [2.75, 3.05) is 19.7 Å². The summed E-state index contributed by atoms with van der Waals surface area (Å²) in [6.45, 7) is 3.96. The Balaban J connectivity index is 1.66. The third-order valence-corrected chi connectivity index (χ3v) is 4.50. The molecule has 1 saturated heterocycles. The Morgan fingerprint density at radius 2 is 1.96 bits per heavy atom. The molecule has 148 valence electrons. The predicted octanol–water partition coefficient (Wildman–Crippen LogP) is 3.17. The first-order valence-electron chi connectivity index (χ1n) is 9.42. The molecule has 1 aliphatic heterocycles. The topological polar surface area (TPSA) is 102 Å². The maximum atomic E-state index is 11.8. The first-order valence-corrected chi connectivity index (χ1v) is 9.42. The maximum Gasteiger partial charge on any atom is 0.321 e. The minimum atomic E-state index is -0.586. The van der Waals surface area contributed by atoms with E-state index in [1.807, 2.05) is 5.01 Å². The van der Waals surface area contributed by atoms with Crippen molar-refractivity contribution in [3.8, 4) is 5.75 Å². The van der Waals surface area contributed by atoms with E-state index in [2.05, 4.69) is 5.43 Å². The standard InChI is InChI=1S/C19H27N3O5/c1-15-12-16(14-23)19(22(25)26)17(13-15)27-11-7-3-2-4-8-18(24)20-21-9-5-6-10-21/h12-14H,2-11H2,1H3,(H,20,24). The number of unbranched alkanes of at least 4 members (excludes halogenated alkanes) is 3. The van der Waals surface area contributed by atoms with Gasteiger partial charge in [-0.3, -0.25) is 25.1 Å². The first-order chi connectivity index (χ1) is 13.0. The fourth-order valence-corrected chi connectivity index (χ4v) is 3.15. The number of benzene rings is 1. The molecule has 1 N–H and O–H groups in total. The number of amides is 1. The van der Waals surface area contributed by atoms with Crippen molar-refractivity contribution in [2.24, 2.45) is 0 Å². The van der Waals surface area contributed by atoms with Gasteiger partial charge < -0.3 is 4.74 Å². The lowest BCUT2D eigenvalue weighted by Crippen LogP contribution is -2.39. The fraction of sp³-hybridized carbons (Fsp3) is 0.579. The minimum absolute atomic E-state index is 0.0269. The zero-order chi connectivity index (χ0) is 19.6. The summed E-state index contributed by atoms with van der Waals surface area (Å²) in [4.78, 5) is 33.5. The van der Waals surface area contributed by atoms with Crippen LogP contribution in [0.1, 0.15) is 60.9 Å². The highest BCUT2D eigenvalue weighted by Gasteiger charge is 2.21. The van der Waals surface area contributed by atoms with Crippen molar-refractivity contribution < 1.29 is 19.2 Å². The number of hydrogen-bond acceptors (Lipinski definition) is 6. The lowest BCUT2D eigenvalue weighted by molar-refractivity contribution is -0.386. The molecule has 1 aromatic rings. The number of nitrogens with one attached hydrogen (secondary N) is 1. The third kappa shape index (κ3) is 6.63. The number of hydrogen-bond donors (Lipinski definition) is 1. The number of ether oxygens (including phenoxy) is 1. The highest BCUT2D eigenvalue weighted by molar-refractivity contribution is 5.84. The number of carbonyl (C=O) groups excluding carboxylic acids is 2. The van der Waals surface area contributed by atoms with Crippen molar-refractivity contribution in [1.82, 2.24) is 10.4 Å². The number of aldehydes is 1. The van der Waals surface area contributed by atoms with Gasteiger partial charge in [0.25, 0.3) is 0 Å². The largest absolute Gasteiger partial charge is 0.487 e. The van der Waals surface area contributed by atoms with E-state index in [4.69, 9.17) is 4.74 Å². The van der Waals surface area contributed by atoms with Crippen molar-refractivity contribution in [1.29, 1.82) is 0 Å². The van der Waals surface area contributed by atoms with Crippen LogP contribution >= 0.6 is 0 Å². The number of aryl methyl sites for hydroxylation is 1. The van der Waals surface area contributed by atoms with Crippen LogP contribution in [0.3, 0.4) is 0 Å². The van der Waals surface area contributed by atoms with Crippen molar-refractivity contribution in [3.63, 3.8) is 0 Å². The lowest BCUT2D eigenvalue weighted by Gasteiger charge is -2.15. The van der Waals surface area contributed by atoms with E-state index in [1.54, 1.807) is 13.0 Å². The molecule has 1 aromatic carbocycles. The van der Waals surface area contributed by atoms with Crippen LogP contribution in [0.25, 0.3) is 0 Å². The van der Waals surface area contributed by atoms with Gasteiger partial charge in [-0.05, 0) is 50.3 Å². The number of nitrogens with zero attached hydrogens (tertiary/aromatic N) is 2. The van der Waals surface area contributed by atoms with Crippen LogP contribution in [0.15, 0.2) is 12.1 Å². The van der Waals surface area contributed by atoms with E-state index in [-0.39, 0.29) is 22.9 Å². The average Bonchev–Trinajstić information content (AvgIpc) is 3.12. The zero-order valence-electron chi connectivity index (χ0n) is 15.7. The van der Waals surface area contributed by atoms with Crippen LogP contribution in [-0.4, -0.2) is 41.8 Å². The molecule has 1 fully saturated rings. The Bertz CT molecular complexity index is 672. The van der Waals surface area contributed by atoms with Crippen LogP contribution in [0.2, 0.25) is 0 Å². The molecule has 8 nitrogen and oxygen atoms in total. The van der Waals surface area contributed by atoms with E-state index in [1.165, 1.54) is 6.07 Å². The summed E-state index contributed by atoms with van der Waals surface area (Å²) in [5.41, 5.74) is 3.39. The van der Waals surface area contributed by atoms with Gasteiger partial charge in [0, 0.05) is 19.5 Å². The van der Waals surface area contributed by atoms with Crippen LogP contribution in [-0.2, 0) is 4.79 Å². The van der Waals surface area contributed by atoms with Crippen molar-refractivity contribution in [2.45, 2.75) is 51.9 Å². The quantitative estimate of drug-likeness (QED) is 0.275. The molecule has 8 heteroatoms. The summed E-state index contributed by atoms with van der Waals surface area (Å²) in [6.07, 6.45) is 6.55. The SMILES string of the molecule is Cc1cc(C=O)c([N+](=O)[O-])c(OCCCCCCC(=O)NN2CCCC2)c1. The van der Waals surface area contributed by atoms with Gasteiger partial charge in [-0.15, -0.1) is 0 Å². The number of nitro benzene ring substituents is 1. The fourth-order valence-electron chi connectivity index (χ4n) is 3.15. The van der Waals surface area contributed by atoms with Gasteiger partial charge in [0.05, 0.1) is 17.1 Å². The van der Waals surface area contributed by atoms with Crippen LogP contribution < -0.4 is 10.2 Å². The van der Waals surface area contributed by atoms with Gasteiger partial charge in [-0.2, -0.15) is 0 Å². The molecule has 27 heavy (non-hydrogen) atoms. The number of hydrazine groups is 1. The summed E-state index contributed by atoms with van der Waals surface area (Å²) in [6, 6.07) is 3.05. The molecular formula is C19H27N3O5. The molecule has 1 aliphatic rings. The van der Waals surface area contributed by atoms with Gasteiger partial charge in [0.15, 0.2) is 12.0 Å². The predicted molar refractivity (Wildman–Crippen MR) is 101 cm³/mol. The minimum Gasteiger partial charge on any atom is -0.487 e. The Morgan fingerprint density at radius 1 is 1.26 bits per heavy atom. The summed E-state index contributed by atoms with van der Waals surface area (Å²) in [7, 11) is 0. The summed E-state index contributed by atoms with van der Waals surface area (Å²) in [5, 5.41) is 13.2. The number of nitro groups is 1. The molecule has 0 aliphatic carbocycles. The van der Waals surface area contributed by atoms with Gasteiger partial charge in [0.2, 0.25) is 5.91 Å². The van der Waals surface area contributed by atoms with Gasteiger partial charge in [-0.25, -0.2) is 5.01 Å². The third-order valence-electron chi connectivity index (χ3n) is 4.50. The molecule has 0 saturated carbocycles. The van der Waals surface area contributed by atoms with Crippen LogP contribution in [0.5, 0.6) is 5.75 Å². The Hall–Kier alpha value is -2.48. The van der Waals surface area contributed by atoms with E-state index in [0.717, 1.165) is 57.2 Å². The Kier molecular flexibility index (Phi) is 8.19. The normalized spacial score (nSPS) is 14.1. The Labute approximate surface area is 159 Å². The van der Waals surface area contributed by atoms with E-state index in [9.17, 15) is 19.7 Å². The molecule has 0 bridgehead atoms. The zero-order valence-corrected chi connectivity index (χ0v) is 15.7. The van der Waals surface area contributed by atoms with Crippen molar-refractivity contribution >= 4 is 17.9 Å². The molecule has 0 radical (unpaired) electrons. The van der Waals surface area contributed by atoms with E-state index < -0.39 is 4.92 Å². The molecule has 1 heterocycles. The summed E-state index contributed by atoms with van der Waals surface area (Å²) >= 11 is 0. The second-order valence-electron chi connectivity index (χ2n) is 6.82. The second-order valence-corrected chi connectivity index (χ2v) is 6.82. The highest BCUT2D eigenvalue weighted by atomic mass is 16.6. The molecule has 0 atom stereocenters. The summed E-state index contributed by atoms with van der Waals surface area (Å²) < 4.78 is 5.55. The summed E-state index contributed by atoms with van der Waals surface area (Å²) in [5.74, 6) is 0.192. The van der Waals surface area contributed by atoms with Gasteiger partial charge in [0.1, 0.15) is 0 Å². The Morgan fingerprint density at radius 3 is 2.63 bits per heavy atom. The lowest BCUT2D eigenvalue weighted by atomic mass is 10.1. The molecular weight excluding hydrogens is 350 g/mol. The van der Waals surface area contributed by atoms with E-state index >= 15 is 0 Å². The van der Waals surface area contributed by atoms with Gasteiger partial charge >= 0.3 is 5.69 Å². The highest BCUT2D eigenvalue weighted by Crippen LogP contribution is 2.31. The average molecular weight is 377 g/mol. The van der Waals surface area contributed by atoms with Crippen LogP contribution in [0, 0.1) is 17.0 Å². The second kappa shape index (κ2) is 10.6. The molecule has 0 spiro atoms. The molecule has 1 amide bonds. The number of rotatable bonds is 11. The van der Waals surface area contributed by atoms with Crippen molar-refractivity contribution in [3.05, 3.63) is 33.4 Å². The molecule has 2 rings (SSSR count). The molecule has 0 aromatic heterocycles. The maximum absolute atomic E-state index is 11.8. The first kappa shape index (κ1) is 20.8. The van der Waals surface area contributed by atoms with Gasteiger partial charge in [-0.1, -0.05) is 12.8 Å². The van der Waals surface area contributed by atoms with E-state index in [0.29, 0.717) is 19.3 Å².